The van der Waals surface area contributed by atoms with Gasteiger partial charge in [0.2, 0.25) is 0 Å². The minimum atomic E-state index is -0.774. The maximum Gasteiger partial charge on any atom is 0.410 e. The molecule has 1 heterocycles. The molecule has 1 saturated carbocycles. The summed E-state index contributed by atoms with van der Waals surface area (Å²) in [5.74, 6) is -0.774. The Morgan fingerprint density at radius 2 is 1.83 bits per heavy atom. The Kier molecular flexibility index (Phi) is 2.65. The van der Waals surface area contributed by atoms with Crippen molar-refractivity contribution in [2.45, 2.75) is 58.1 Å². The van der Waals surface area contributed by atoms with Crippen LogP contribution in [-0.4, -0.2) is 39.8 Å². The van der Waals surface area contributed by atoms with Gasteiger partial charge < -0.3 is 14.7 Å². The van der Waals surface area contributed by atoms with Gasteiger partial charge in [0, 0.05) is 6.54 Å². The molecule has 2 aliphatic rings. The maximum atomic E-state index is 12.0. The topological polar surface area (TPSA) is 66.8 Å². The molecule has 18 heavy (non-hydrogen) atoms. The number of carboxylic acid groups (broad SMARTS) is 1. The van der Waals surface area contributed by atoms with Crippen LogP contribution in [0.2, 0.25) is 0 Å². The van der Waals surface area contributed by atoms with Gasteiger partial charge >= 0.3 is 12.1 Å². The highest BCUT2D eigenvalue weighted by atomic mass is 16.6. The average Bonchev–Trinajstić information content (AvgIpc) is 2.06. The van der Waals surface area contributed by atoms with Crippen molar-refractivity contribution in [3.8, 4) is 0 Å². The van der Waals surface area contributed by atoms with Crippen molar-refractivity contribution in [2.24, 2.45) is 5.41 Å². The summed E-state index contributed by atoms with van der Waals surface area (Å²) < 4.78 is 5.34. The van der Waals surface area contributed by atoms with Gasteiger partial charge in [-0.25, -0.2) is 4.79 Å². The lowest BCUT2D eigenvalue weighted by molar-refractivity contribution is -0.179. The average molecular weight is 255 g/mol. The third kappa shape index (κ3) is 1.95. The summed E-state index contributed by atoms with van der Waals surface area (Å²) >= 11 is 0. The van der Waals surface area contributed by atoms with Crippen LogP contribution in [0.5, 0.6) is 0 Å². The summed E-state index contributed by atoms with van der Waals surface area (Å²) in [6, 6.07) is 0. The van der Waals surface area contributed by atoms with Gasteiger partial charge in [0.1, 0.15) is 5.60 Å². The zero-order valence-corrected chi connectivity index (χ0v) is 11.4. The van der Waals surface area contributed by atoms with E-state index in [4.69, 9.17) is 9.84 Å². The number of carbonyl (C=O) groups is 2. The monoisotopic (exact) mass is 255 g/mol. The van der Waals surface area contributed by atoms with Gasteiger partial charge in [-0.3, -0.25) is 4.79 Å². The lowest BCUT2D eigenvalue weighted by Gasteiger charge is -2.63. The summed E-state index contributed by atoms with van der Waals surface area (Å²) in [7, 11) is 0. The maximum absolute atomic E-state index is 12.0. The Labute approximate surface area is 107 Å². The lowest BCUT2D eigenvalue weighted by atomic mass is 9.53. The van der Waals surface area contributed by atoms with Gasteiger partial charge in [0.05, 0.1) is 11.0 Å². The molecular formula is C13H21NO4. The molecule has 1 saturated heterocycles. The summed E-state index contributed by atoms with van der Waals surface area (Å²) in [5.41, 5.74) is -1.44. The molecule has 0 unspecified atom stereocenters. The van der Waals surface area contributed by atoms with Gasteiger partial charge in [-0.2, -0.15) is 0 Å². The highest BCUT2D eigenvalue weighted by Crippen LogP contribution is 2.57. The van der Waals surface area contributed by atoms with Crippen LogP contribution >= 0.6 is 0 Å². The highest BCUT2D eigenvalue weighted by molar-refractivity contribution is 5.78. The molecule has 0 radical (unpaired) electrons. The lowest BCUT2D eigenvalue weighted by Crippen LogP contribution is -2.72. The molecule has 5 heteroatoms. The van der Waals surface area contributed by atoms with Crippen LogP contribution < -0.4 is 0 Å². The minimum Gasteiger partial charge on any atom is -0.481 e. The third-order valence-electron chi connectivity index (χ3n) is 3.94. The van der Waals surface area contributed by atoms with Crippen molar-refractivity contribution < 1.29 is 19.4 Å². The zero-order chi connectivity index (χ0) is 13.8. The molecule has 2 fully saturated rings. The number of carboxylic acids is 1. The largest absolute Gasteiger partial charge is 0.481 e. The molecule has 2 rings (SSSR count). The van der Waals surface area contributed by atoms with Crippen molar-refractivity contribution >= 4 is 12.1 Å². The number of hydrogen-bond acceptors (Lipinski definition) is 3. The van der Waals surface area contributed by atoms with Crippen LogP contribution in [0.4, 0.5) is 4.79 Å². The molecule has 1 amide bonds. The van der Waals surface area contributed by atoms with E-state index in [1.807, 2.05) is 20.8 Å². The summed E-state index contributed by atoms with van der Waals surface area (Å²) in [4.78, 5) is 24.8. The normalized spacial score (nSPS) is 34.8. The molecule has 102 valence electrons. The summed E-state index contributed by atoms with van der Waals surface area (Å²) in [6.45, 7) is 7.91. The second-order valence-electron chi connectivity index (χ2n) is 6.83. The van der Waals surface area contributed by atoms with E-state index >= 15 is 0 Å². The first-order valence-corrected chi connectivity index (χ1v) is 6.32. The molecule has 0 atom stereocenters. The number of amides is 1. The third-order valence-corrected chi connectivity index (χ3v) is 3.94. The van der Waals surface area contributed by atoms with Crippen molar-refractivity contribution in [3.05, 3.63) is 0 Å². The Bertz CT molecular complexity index is 390. The Morgan fingerprint density at radius 3 is 2.17 bits per heavy atom. The summed E-state index contributed by atoms with van der Waals surface area (Å²) in [5, 5.41) is 9.12. The Hall–Kier alpha value is -1.26. The van der Waals surface area contributed by atoms with E-state index in [0.29, 0.717) is 19.4 Å². The molecule has 0 aromatic heterocycles. The van der Waals surface area contributed by atoms with Gasteiger partial charge in [-0.15, -0.1) is 0 Å². The van der Waals surface area contributed by atoms with E-state index < -0.39 is 17.0 Å². The smallest absolute Gasteiger partial charge is 0.410 e. The molecule has 0 aromatic carbocycles. The first kappa shape index (κ1) is 13.2. The molecule has 5 nitrogen and oxygen atoms in total. The first-order chi connectivity index (χ1) is 8.08. The molecule has 0 aromatic rings. The second-order valence-corrected chi connectivity index (χ2v) is 6.83. The van der Waals surface area contributed by atoms with Crippen molar-refractivity contribution in [1.29, 1.82) is 0 Å². The number of aliphatic carboxylic acids is 1. The van der Waals surface area contributed by atoms with Crippen LogP contribution in [0.15, 0.2) is 0 Å². The molecule has 1 N–H and O–H groups in total. The van der Waals surface area contributed by atoms with E-state index in [1.54, 1.807) is 11.8 Å². The predicted octanol–water partition coefficient (Wildman–Crippen LogP) is 2.25. The number of carbonyl (C=O) groups excluding carboxylic acids is 1. The molecule has 1 aliphatic carbocycles. The van der Waals surface area contributed by atoms with Crippen LogP contribution in [0, 0.1) is 5.41 Å². The molecule has 0 bridgehead atoms. The Morgan fingerprint density at radius 1 is 1.28 bits per heavy atom. The summed E-state index contributed by atoms with van der Waals surface area (Å²) in [6.07, 6.45) is 1.64. The SMILES string of the molecule is CC(C)(C)OC(=O)N1CCC12CC(C)(C(=O)O)C2. The standard InChI is InChI=1S/C13H21NO4/c1-11(2,3)18-10(17)14-6-5-13(14)7-12(4,8-13)9(15)16/h5-8H2,1-4H3,(H,15,16). The van der Waals surface area contributed by atoms with E-state index in [2.05, 4.69) is 0 Å². The van der Waals surface area contributed by atoms with E-state index in [0.717, 1.165) is 6.42 Å². The fraction of sp³-hybridized carbons (Fsp3) is 0.846. The van der Waals surface area contributed by atoms with Gasteiger partial charge in [-0.05, 0) is 47.0 Å². The fourth-order valence-corrected chi connectivity index (χ4v) is 3.06. The first-order valence-electron chi connectivity index (χ1n) is 6.32. The van der Waals surface area contributed by atoms with Gasteiger partial charge in [0.15, 0.2) is 0 Å². The van der Waals surface area contributed by atoms with E-state index in [9.17, 15) is 9.59 Å². The number of hydrogen-bond donors (Lipinski definition) is 1. The zero-order valence-electron chi connectivity index (χ0n) is 11.4. The fourth-order valence-electron chi connectivity index (χ4n) is 3.06. The van der Waals surface area contributed by atoms with Crippen molar-refractivity contribution in [3.63, 3.8) is 0 Å². The predicted molar refractivity (Wildman–Crippen MR) is 65.3 cm³/mol. The van der Waals surface area contributed by atoms with Crippen LogP contribution in [0.3, 0.4) is 0 Å². The van der Waals surface area contributed by atoms with Crippen LogP contribution in [0.25, 0.3) is 0 Å². The van der Waals surface area contributed by atoms with Crippen molar-refractivity contribution in [2.75, 3.05) is 6.54 Å². The quantitative estimate of drug-likeness (QED) is 0.780. The van der Waals surface area contributed by atoms with E-state index in [-0.39, 0.29) is 11.6 Å². The molecular weight excluding hydrogens is 234 g/mol. The number of likely N-dealkylation sites (tertiary alicyclic amines) is 1. The number of nitrogens with zero attached hydrogens (tertiary/aromatic N) is 1. The van der Waals surface area contributed by atoms with Gasteiger partial charge in [0.25, 0.3) is 0 Å². The molecule has 1 aliphatic heterocycles. The Balaban J connectivity index is 1.99. The number of ether oxygens (including phenoxy) is 1. The molecule has 1 spiro atoms. The highest BCUT2D eigenvalue weighted by Gasteiger charge is 2.64. The minimum absolute atomic E-state index is 0.254. The number of rotatable bonds is 1. The van der Waals surface area contributed by atoms with Gasteiger partial charge in [-0.1, -0.05) is 0 Å². The van der Waals surface area contributed by atoms with Crippen LogP contribution in [-0.2, 0) is 9.53 Å². The van der Waals surface area contributed by atoms with E-state index in [1.165, 1.54) is 0 Å². The second kappa shape index (κ2) is 3.62. The van der Waals surface area contributed by atoms with Crippen molar-refractivity contribution in [1.82, 2.24) is 4.90 Å². The van der Waals surface area contributed by atoms with Crippen LogP contribution in [0.1, 0.15) is 47.0 Å².